The number of piperidine rings is 1. The predicted octanol–water partition coefficient (Wildman–Crippen LogP) is 5.29. The summed E-state index contributed by atoms with van der Waals surface area (Å²) in [4.78, 5) is 2.48. The summed E-state index contributed by atoms with van der Waals surface area (Å²) in [6, 6.07) is 20.5. The standard InChI is InChI=1S/C25H25N3O3/c1-2-4-20(5-3-1)17-30-23-8-6-19(7-9-23)16-28-13-10-21(11-14-28)24-26-27-25(31-24)22-12-15-29-18-22/h1-9,12,15,18,21H,10-11,13-14,16-17H2. The van der Waals surface area contributed by atoms with Crippen molar-refractivity contribution in [2.45, 2.75) is 31.9 Å². The van der Waals surface area contributed by atoms with E-state index in [0.29, 0.717) is 18.4 Å². The van der Waals surface area contributed by atoms with Crippen LogP contribution in [0.2, 0.25) is 0 Å². The summed E-state index contributed by atoms with van der Waals surface area (Å²) >= 11 is 0. The van der Waals surface area contributed by atoms with Gasteiger partial charge >= 0.3 is 0 Å². The summed E-state index contributed by atoms with van der Waals surface area (Å²) in [6.07, 6.45) is 5.27. The van der Waals surface area contributed by atoms with E-state index in [1.807, 2.05) is 24.3 Å². The molecule has 2 aromatic carbocycles. The predicted molar refractivity (Wildman–Crippen MR) is 116 cm³/mol. The Balaban J connectivity index is 1.10. The molecular formula is C25H25N3O3. The van der Waals surface area contributed by atoms with Gasteiger partial charge in [-0.3, -0.25) is 4.90 Å². The molecule has 31 heavy (non-hydrogen) atoms. The summed E-state index contributed by atoms with van der Waals surface area (Å²) < 4.78 is 16.9. The van der Waals surface area contributed by atoms with E-state index in [9.17, 15) is 0 Å². The van der Waals surface area contributed by atoms with Crippen LogP contribution in [0.1, 0.15) is 35.8 Å². The van der Waals surface area contributed by atoms with Crippen molar-refractivity contribution in [1.29, 1.82) is 0 Å². The van der Waals surface area contributed by atoms with E-state index in [4.69, 9.17) is 13.6 Å². The zero-order chi connectivity index (χ0) is 20.9. The second kappa shape index (κ2) is 9.18. The average molecular weight is 415 g/mol. The minimum Gasteiger partial charge on any atom is -0.489 e. The zero-order valence-corrected chi connectivity index (χ0v) is 17.3. The summed E-state index contributed by atoms with van der Waals surface area (Å²) in [5.74, 6) is 2.48. The van der Waals surface area contributed by atoms with E-state index in [1.54, 1.807) is 12.5 Å². The highest BCUT2D eigenvalue weighted by atomic mass is 16.5. The van der Waals surface area contributed by atoms with Crippen LogP contribution in [0.5, 0.6) is 5.75 Å². The van der Waals surface area contributed by atoms with Crippen LogP contribution in [0.4, 0.5) is 0 Å². The molecule has 0 unspecified atom stereocenters. The molecule has 0 atom stereocenters. The molecule has 5 rings (SSSR count). The number of aromatic nitrogens is 2. The van der Waals surface area contributed by atoms with Gasteiger partial charge in [-0.05, 0) is 55.3 Å². The van der Waals surface area contributed by atoms with Gasteiger partial charge < -0.3 is 13.6 Å². The van der Waals surface area contributed by atoms with Crippen molar-refractivity contribution in [1.82, 2.24) is 15.1 Å². The van der Waals surface area contributed by atoms with E-state index >= 15 is 0 Å². The van der Waals surface area contributed by atoms with E-state index in [-0.39, 0.29) is 0 Å². The van der Waals surface area contributed by atoms with E-state index in [0.717, 1.165) is 49.7 Å². The first-order valence-corrected chi connectivity index (χ1v) is 10.7. The normalized spacial score (nSPS) is 15.2. The molecule has 158 valence electrons. The number of furan rings is 1. The molecule has 4 aromatic rings. The van der Waals surface area contributed by atoms with E-state index in [1.165, 1.54) is 11.1 Å². The van der Waals surface area contributed by atoms with Crippen LogP contribution in [-0.4, -0.2) is 28.2 Å². The summed E-state index contributed by atoms with van der Waals surface area (Å²) in [5, 5.41) is 8.42. The SMILES string of the molecule is c1ccc(COc2ccc(CN3CCC(c4nnc(-c5ccoc5)o4)CC3)cc2)cc1. The summed E-state index contributed by atoms with van der Waals surface area (Å²) in [5.41, 5.74) is 3.30. The van der Waals surface area contributed by atoms with Crippen molar-refractivity contribution in [3.05, 3.63) is 90.2 Å². The Morgan fingerprint density at radius 1 is 0.903 bits per heavy atom. The molecule has 6 heteroatoms. The number of rotatable bonds is 7. The number of hydrogen-bond acceptors (Lipinski definition) is 6. The van der Waals surface area contributed by atoms with Gasteiger partial charge in [-0.25, -0.2) is 0 Å². The number of benzene rings is 2. The van der Waals surface area contributed by atoms with Crippen LogP contribution in [0.15, 0.2) is 82.0 Å². The first-order valence-electron chi connectivity index (χ1n) is 10.7. The van der Waals surface area contributed by atoms with Crippen LogP contribution in [0, 0.1) is 0 Å². The van der Waals surface area contributed by atoms with Gasteiger partial charge in [0.05, 0.1) is 11.8 Å². The van der Waals surface area contributed by atoms with Gasteiger partial charge in [-0.1, -0.05) is 42.5 Å². The fourth-order valence-corrected chi connectivity index (χ4v) is 3.93. The molecule has 1 saturated heterocycles. The molecule has 0 amide bonds. The van der Waals surface area contributed by atoms with E-state index < -0.39 is 0 Å². The molecule has 0 aliphatic carbocycles. The maximum Gasteiger partial charge on any atom is 0.250 e. The Kier molecular flexibility index (Phi) is 5.80. The lowest BCUT2D eigenvalue weighted by atomic mass is 9.96. The van der Waals surface area contributed by atoms with Crippen molar-refractivity contribution in [2.24, 2.45) is 0 Å². The summed E-state index contributed by atoms with van der Waals surface area (Å²) in [7, 11) is 0. The molecule has 0 N–H and O–H groups in total. The van der Waals surface area contributed by atoms with Gasteiger partial charge in [-0.2, -0.15) is 0 Å². The number of hydrogen-bond donors (Lipinski definition) is 0. The van der Waals surface area contributed by atoms with Gasteiger partial charge in [-0.15, -0.1) is 10.2 Å². The van der Waals surface area contributed by atoms with Crippen LogP contribution in [-0.2, 0) is 13.2 Å². The molecule has 0 bridgehead atoms. The van der Waals surface area contributed by atoms with Gasteiger partial charge in [0.2, 0.25) is 5.89 Å². The lowest BCUT2D eigenvalue weighted by Gasteiger charge is -2.30. The smallest absolute Gasteiger partial charge is 0.250 e. The van der Waals surface area contributed by atoms with Gasteiger partial charge in [0.1, 0.15) is 18.6 Å². The molecule has 0 spiro atoms. The van der Waals surface area contributed by atoms with Crippen molar-refractivity contribution in [3.8, 4) is 17.2 Å². The Labute approximate surface area is 181 Å². The molecule has 1 aliphatic rings. The van der Waals surface area contributed by atoms with Crippen LogP contribution < -0.4 is 4.74 Å². The topological polar surface area (TPSA) is 64.5 Å². The highest BCUT2D eigenvalue weighted by molar-refractivity contribution is 5.49. The Hall–Kier alpha value is -3.38. The van der Waals surface area contributed by atoms with E-state index in [2.05, 4.69) is 51.5 Å². The molecule has 0 radical (unpaired) electrons. The molecule has 2 aromatic heterocycles. The average Bonchev–Trinajstić information content (AvgIpc) is 3.52. The Morgan fingerprint density at radius 2 is 1.71 bits per heavy atom. The molecule has 6 nitrogen and oxygen atoms in total. The zero-order valence-electron chi connectivity index (χ0n) is 17.3. The van der Waals surface area contributed by atoms with Crippen molar-refractivity contribution < 1.29 is 13.6 Å². The fraction of sp³-hybridized carbons (Fsp3) is 0.280. The number of ether oxygens (including phenoxy) is 1. The molecule has 3 heterocycles. The second-order valence-corrected chi connectivity index (χ2v) is 7.93. The minimum atomic E-state index is 0.318. The largest absolute Gasteiger partial charge is 0.489 e. The maximum atomic E-state index is 5.89. The van der Waals surface area contributed by atoms with Gasteiger partial charge in [0.25, 0.3) is 5.89 Å². The van der Waals surface area contributed by atoms with Crippen molar-refractivity contribution in [2.75, 3.05) is 13.1 Å². The monoisotopic (exact) mass is 415 g/mol. The Morgan fingerprint density at radius 3 is 2.45 bits per heavy atom. The third kappa shape index (κ3) is 4.86. The molecule has 1 aliphatic heterocycles. The molecular weight excluding hydrogens is 390 g/mol. The van der Waals surface area contributed by atoms with Gasteiger partial charge in [0, 0.05) is 12.5 Å². The first-order chi connectivity index (χ1) is 15.3. The fourth-order valence-electron chi connectivity index (χ4n) is 3.93. The second-order valence-electron chi connectivity index (χ2n) is 7.93. The quantitative estimate of drug-likeness (QED) is 0.409. The lowest BCUT2D eigenvalue weighted by Crippen LogP contribution is -2.32. The van der Waals surface area contributed by atoms with Gasteiger partial charge in [0.15, 0.2) is 0 Å². The third-order valence-electron chi connectivity index (χ3n) is 5.72. The maximum absolute atomic E-state index is 5.89. The third-order valence-corrected chi connectivity index (χ3v) is 5.72. The lowest BCUT2D eigenvalue weighted by molar-refractivity contribution is 0.193. The summed E-state index contributed by atoms with van der Waals surface area (Å²) in [6.45, 7) is 3.56. The van der Waals surface area contributed by atoms with Crippen molar-refractivity contribution in [3.63, 3.8) is 0 Å². The number of nitrogens with zero attached hydrogens (tertiary/aromatic N) is 3. The van der Waals surface area contributed by atoms with Crippen LogP contribution >= 0.6 is 0 Å². The van der Waals surface area contributed by atoms with Crippen LogP contribution in [0.25, 0.3) is 11.5 Å². The van der Waals surface area contributed by atoms with Crippen molar-refractivity contribution >= 4 is 0 Å². The highest BCUT2D eigenvalue weighted by Crippen LogP contribution is 2.30. The molecule has 0 saturated carbocycles. The highest BCUT2D eigenvalue weighted by Gasteiger charge is 2.25. The molecule has 1 fully saturated rings. The minimum absolute atomic E-state index is 0.318. The van der Waals surface area contributed by atoms with Crippen LogP contribution in [0.3, 0.4) is 0 Å². The number of likely N-dealkylation sites (tertiary alicyclic amines) is 1. The Bertz CT molecular complexity index is 1070. The first kappa shape index (κ1) is 19.6.